The van der Waals surface area contributed by atoms with Gasteiger partial charge in [-0.3, -0.25) is 4.79 Å². The smallest absolute Gasteiger partial charge is 0.275 e. The molecule has 0 radical (unpaired) electrons. The highest BCUT2D eigenvalue weighted by Crippen LogP contribution is 2.40. The summed E-state index contributed by atoms with van der Waals surface area (Å²) in [6.45, 7) is 5.97. The lowest BCUT2D eigenvalue weighted by Gasteiger charge is -2.59. The normalized spacial score (nSPS) is 18.2. The van der Waals surface area contributed by atoms with E-state index in [-0.39, 0.29) is 11.3 Å². The average Bonchev–Trinajstić information content (AvgIpc) is 2.98. The van der Waals surface area contributed by atoms with Crippen LogP contribution < -0.4 is 10.2 Å². The summed E-state index contributed by atoms with van der Waals surface area (Å²) < 4.78 is 15.7. The fourth-order valence-electron chi connectivity index (χ4n) is 4.27. The molecule has 0 bridgehead atoms. The first kappa shape index (κ1) is 17.1. The van der Waals surface area contributed by atoms with Gasteiger partial charge in [-0.05, 0) is 14.0 Å². The number of rotatable bonds is 3. The Balaban J connectivity index is 1.27. The van der Waals surface area contributed by atoms with Crippen molar-refractivity contribution in [3.05, 3.63) is 48.1 Å². The third-order valence-corrected chi connectivity index (χ3v) is 5.34. The number of aryl methyl sites for hydroxylation is 1. The number of fused-ring (bicyclic) bond motifs is 1. The molecule has 0 saturated carbocycles. The second-order valence-corrected chi connectivity index (χ2v) is 7.93. The number of halogens is 1. The molecule has 1 amide bonds. The Morgan fingerprint density at radius 2 is 1.96 bits per heavy atom. The zero-order valence-electron chi connectivity index (χ0n) is 15.7. The largest absolute Gasteiger partial charge is 0.354 e. The Kier molecular flexibility index (Phi) is 3.63. The van der Waals surface area contributed by atoms with E-state index in [1.165, 1.54) is 12.3 Å². The van der Waals surface area contributed by atoms with Gasteiger partial charge in [0.15, 0.2) is 11.5 Å². The van der Waals surface area contributed by atoms with Crippen molar-refractivity contribution in [3.63, 3.8) is 0 Å². The van der Waals surface area contributed by atoms with Crippen LogP contribution in [0.25, 0.3) is 5.65 Å². The fraction of sp³-hybridized carbons (Fsp3) is 0.368. The van der Waals surface area contributed by atoms with Crippen LogP contribution in [-0.2, 0) is 0 Å². The lowest BCUT2D eigenvalue weighted by atomic mass is 9.73. The Morgan fingerprint density at radius 1 is 1.18 bits per heavy atom. The van der Waals surface area contributed by atoms with E-state index in [1.807, 2.05) is 0 Å². The van der Waals surface area contributed by atoms with Gasteiger partial charge in [0.2, 0.25) is 0 Å². The molecule has 0 atom stereocenters. The van der Waals surface area contributed by atoms with E-state index < -0.39 is 11.7 Å². The van der Waals surface area contributed by atoms with Crippen LogP contribution in [0.2, 0.25) is 0 Å². The van der Waals surface area contributed by atoms with Gasteiger partial charge in [0, 0.05) is 50.1 Å². The first-order valence-electron chi connectivity index (χ1n) is 9.13. The standard InChI is InChI=1S/C19H20FN7O/c1-12-6-26-7-13(3-14(20)17(26)23-12)24-18(28)15-4-22-16(5-21-15)27-10-19(11-27)8-25(2)9-19/h3-7H,8-11H2,1-2H3,(H,24,28). The number of anilines is 2. The Labute approximate surface area is 161 Å². The Morgan fingerprint density at radius 3 is 2.64 bits per heavy atom. The number of hydrogen-bond donors (Lipinski definition) is 1. The highest BCUT2D eigenvalue weighted by molar-refractivity contribution is 6.02. The van der Waals surface area contributed by atoms with E-state index in [2.05, 4.69) is 37.1 Å². The zero-order valence-corrected chi connectivity index (χ0v) is 15.7. The molecule has 9 heteroatoms. The number of hydrogen-bond acceptors (Lipinski definition) is 6. The van der Waals surface area contributed by atoms with Crippen LogP contribution in [0.15, 0.2) is 30.9 Å². The number of nitrogens with zero attached hydrogens (tertiary/aromatic N) is 6. The van der Waals surface area contributed by atoms with Crippen molar-refractivity contribution in [1.29, 1.82) is 0 Å². The van der Waals surface area contributed by atoms with Crippen LogP contribution in [0.4, 0.5) is 15.9 Å². The van der Waals surface area contributed by atoms with Crippen molar-refractivity contribution in [2.45, 2.75) is 6.92 Å². The summed E-state index contributed by atoms with van der Waals surface area (Å²) in [6.07, 6.45) is 6.39. The van der Waals surface area contributed by atoms with Gasteiger partial charge >= 0.3 is 0 Å². The van der Waals surface area contributed by atoms with Gasteiger partial charge in [-0.2, -0.15) is 0 Å². The van der Waals surface area contributed by atoms with Gasteiger partial charge in [0.05, 0.1) is 23.8 Å². The number of imidazole rings is 1. The summed E-state index contributed by atoms with van der Waals surface area (Å²) in [4.78, 5) is 29.6. The summed E-state index contributed by atoms with van der Waals surface area (Å²) in [5.41, 5.74) is 1.84. The highest BCUT2D eigenvalue weighted by atomic mass is 19.1. The first-order chi connectivity index (χ1) is 13.4. The Bertz CT molecular complexity index is 1060. The minimum Gasteiger partial charge on any atom is -0.354 e. The monoisotopic (exact) mass is 381 g/mol. The summed E-state index contributed by atoms with van der Waals surface area (Å²) >= 11 is 0. The molecule has 3 aromatic rings. The molecule has 0 aromatic carbocycles. The molecule has 2 saturated heterocycles. The predicted molar refractivity (Wildman–Crippen MR) is 102 cm³/mol. The molecule has 8 nitrogen and oxygen atoms in total. The summed E-state index contributed by atoms with van der Waals surface area (Å²) in [5.74, 6) is -0.158. The molecule has 28 heavy (non-hydrogen) atoms. The van der Waals surface area contributed by atoms with Gasteiger partial charge in [0.1, 0.15) is 11.5 Å². The van der Waals surface area contributed by atoms with Crippen molar-refractivity contribution >= 4 is 23.1 Å². The van der Waals surface area contributed by atoms with Gasteiger partial charge < -0.3 is 19.5 Å². The molecule has 2 aliphatic heterocycles. The fourth-order valence-corrected chi connectivity index (χ4v) is 4.27. The van der Waals surface area contributed by atoms with Crippen molar-refractivity contribution in [3.8, 4) is 0 Å². The van der Waals surface area contributed by atoms with Crippen molar-refractivity contribution in [1.82, 2.24) is 24.3 Å². The summed E-state index contributed by atoms with van der Waals surface area (Å²) in [6, 6.07) is 1.25. The number of nitrogens with one attached hydrogen (secondary N) is 1. The van der Waals surface area contributed by atoms with E-state index in [1.54, 1.807) is 29.9 Å². The molecule has 0 unspecified atom stereocenters. The first-order valence-corrected chi connectivity index (χ1v) is 9.13. The molecule has 5 rings (SSSR count). The highest BCUT2D eigenvalue weighted by Gasteiger charge is 2.50. The summed E-state index contributed by atoms with van der Waals surface area (Å²) in [5, 5.41) is 2.66. The summed E-state index contributed by atoms with van der Waals surface area (Å²) in [7, 11) is 2.12. The number of pyridine rings is 1. The van der Waals surface area contributed by atoms with Crippen LogP contribution in [-0.4, -0.2) is 63.4 Å². The SMILES string of the molecule is Cc1cn2cc(NC(=O)c3cnc(N4CC5(CN(C)C5)C4)cn3)cc(F)c2n1. The molecule has 3 aromatic heterocycles. The number of amides is 1. The molecule has 1 spiro atoms. The molecule has 0 aliphatic carbocycles. The van der Waals surface area contributed by atoms with Crippen molar-refractivity contribution in [2.24, 2.45) is 5.41 Å². The Hall–Kier alpha value is -3.07. The van der Waals surface area contributed by atoms with Gasteiger partial charge in [-0.1, -0.05) is 0 Å². The van der Waals surface area contributed by atoms with Crippen molar-refractivity contribution < 1.29 is 9.18 Å². The van der Waals surface area contributed by atoms with Gasteiger partial charge in [-0.15, -0.1) is 0 Å². The van der Waals surface area contributed by atoms with Crippen molar-refractivity contribution in [2.75, 3.05) is 43.4 Å². The van der Waals surface area contributed by atoms with Crippen LogP contribution >= 0.6 is 0 Å². The lowest BCUT2D eigenvalue weighted by Crippen LogP contribution is -2.71. The van der Waals surface area contributed by atoms with Crippen LogP contribution in [0, 0.1) is 18.2 Å². The second kappa shape index (κ2) is 5.96. The van der Waals surface area contributed by atoms with E-state index in [0.29, 0.717) is 16.8 Å². The number of carbonyl (C=O) groups is 1. The van der Waals surface area contributed by atoms with Gasteiger partial charge in [0.25, 0.3) is 5.91 Å². The van der Waals surface area contributed by atoms with Crippen LogP contribution in [0.5, 0.6) is 0 Å². The topological polar surface area (TPSA) is 78.7 Å². The molecular weight excluding hydrogens is 361 g/mol. The number of carbonyl (C=O) groups excluding carboxylic acids is 1. The molecule has 1 N–H and O–H groups in total. The maximum absolute atomic E-state index is 14.1. The minimum atomic E-state index is -0.499. The molecule has 5 heterocycles. The molecular formula is C19H20FN7O. The minimum absolute atomic E-state index is 0.185. The van der Waals surface area contributed by atoms with Crippen LogP contribution in [0.3, 0.4) is 0 Å². The lowest BCUT2D eigenvalue weighted by molar-refractivity contribution is -0.00283. The number of aromatic nitrogens is 4. The average molecular weight is 381 g/mol. The second-order valence-electron chi connectivity index (χ2n) is 7.93. The molecule has 144 valence electrons. The number of likely N-dealkylation sites (tertiary alicyclic amines) is 1. The van der Waals surface area contributed by atoms with E-state index in [9.17, 15) is 9.18 Å². The van der Waals surface area contributed by atoms with Crippen LogP contribution in [0.1, 0.15) is 16.2 Å². The zero-order chi connectivity index (χ0) is 19.5. The quantitative estimate of drug-likeness (QED) is 0.742. The van der Waals surface area contributed by atoms with E-state index >= 15 is 0 Å². The maximum Gasteiger partial charge on any atom is 0.275 e. The molecule has 2 fully saturated rings. The third-order valence-electron chi connectivity index (χ3n) is 5.34. The third kappa shape index (κ3) is 2.78. The molecule has 2 aliphatic rings. The van der Waals surface area contributed by atoms with Gasteiger partial charge in [-0.25, -0.2) is 19.3 Å². The predicted octanol–water partition coefficient (Wildman–Crippen LogP) is 1.58. The van der Waals surface area contributed by atoms with E-state index in [4.69, 9.17) is 0 Å². The maximum atomic E-state index is 14.1. The van der Waals surface area contributed by atoms with E-state index in [0.717, 1.165) is 32.0 Å².